The Bertz CT molecular complexity index is 743. The maximum absolute atomic E-state index is 13.3. The number of aryl methyl sites for hydroxylation is 1. The van der Waals surface area contributed by atoms with Crippen LogP contribution in [0.3, 0.4) is 0 Å². The first-order valence-corrected chi connectivity index (χ1v) is 7.95. The van der Waals surface area contributed by atoms with Crippen molar-refractivity contribution in [3.8, 4) is 11.3 Å². The van der Waals surface area contributed by atoms with Crippen LogP contribution in [0, 0.1) is 12.7 Å². The van der Waals surface area contributed by atoms with E-state index in [2.05, 4.69) is 9.88 Å². The third-order valence-corrected chi connectivity index (χ3v) is 4.35. The third kappa shape index (κ3) is 3.71. The van der Waals surface area contributed by atoms with E-state index in [-0.39, 0.29) is 5.82 Å². The molecule has 1 aromatic heterocycles. The normalized spacial score (nSPS) is 15.5. The van der Waals surface area contributed by atoms with Crippen molar-refractivity contribution < 1.29 is 14.3 Å². The number of piperazine rings is 1. The Kier molecular flexibility index (Phi) is 4.76. The zero-order valence-electron chi connectivity index (χ0n) is 13.6. The Labute approximate surface area is 140 Å². The van der Waals surface area contributed by atoms with Gasteiger partial charge < -0.3 is 10.0 Å². The molecule has 0 radical (unpaired) electrons. The van der Waals surface area contributed by atoms with Gasteiger partial charge in [0, 0.05) is 44.0 Å². The van der Waals surface area contributed by atoms with E-state index in [9.17, 15) is 9.18 Å². The smallest absolute Gasteiger partial charge is 0.407 e. The van der Waals surface area contributed by atoms with Crippen LogP contribution in [0.25, 0.3) is 11.3 Å². The van der Waals surface area contributed by atoms with Gasteiger partial charge in [-0.25, -0.2) is 9.18 Å². The van der Waals surface area contributed by atoms with E-state index in [0.29, 0.717) is 13.1 Å². The third-order valence-electron chi connectivity index (χ3n) is 4.35. The molecule has 0 bridgehead atoms. The van der Waals surface area contributed by atoms with Crippen LogP contribution in [0.15, 0.2) is 36.4 Å². The minimum absolute atomic E-state index is 0.271. The number of hydrogen-bond acceptors (Lipinski definition) is 3. The lowest BCUT2D eigenvalue weighted by atomic mass is 10.1. The zero-order valence-corrected chi connectivity index (χ0v) is 13.6. The fraction of sp³-hybridized carbons (Fsp3) is 0.333. The first-order chi connectivity index (χ1) is 11.5. The molecule has 1 saturated heterocycles. The van der Waals surface area contributed by atoms with Gasteiger partial charge in [0.15, 0.2) is 0 Å². The Hall–Kier alpha value is -2.47. The van der Waals surface area contributed by atoms with Gasteiger partial charge in [-0.15, -0.1) is 0 Å². The minimum atomic E-state index is -0.855. The van der Waals surface area contributed by atoms with Crippen molar-refractivity contribution in [3.05, 3.63) is 53.5 Å². The highest BCUT2D eigenvalue weighted by atomic mass is 19.1. The number of carboxylic acid groups (broad SMARTS) is 1. The molecule has 3 rings (SSSR count). The molecular weight excluding hydrogens is 309 g/mol. The first-order valence-electron chi connectivity index (χ1n) is 7.95. The number of pyridine rings is 1. The minimum Gasteiger partial charge on any atom is -0.465 e. The average molecular weight is 329 g/mol. The lowest BCUT2D eigenvalue weighted by Gasteiger charge is -2.33. The molecule has 0 spiro atoms. The number of hydrogen-bond donors (Lipinski definition) is 1. The molecule has 6 heteroatoms. The van der Waals surface area contributed by atoms with E-state index in [1.165, 1.54) is 17.0 Å². The highest BCUT2D eigenvalue weighted by molar-refractivity contribution is 5.65. The van der Waals surface area contributed by atoms with Gasteiger partial charge >= 0.3 is 6.09 Å². The monoisotopic (exact) mass is 329 g/mol. The highest BCUT2D eigenvalue weighted by Crippen LogP contribution is 2.21. The summed E-state index contributed by atoms with van der Waals surface area (Å²) in [6, 6.07) is 10.3. The molecular formula is C18H20FN3O2. The molecule has 1 aromatic carbocycles. The number of amides is 1. The molecule has 0 aliphatic carbocycles. The first kappa shape index (κ1) is 16.4. The van der Waals surface area contributed by atoms with Gasteiger partial charge in [0.25, 0.3) is 0 Å². The van der Waals surface area contributed by atoms with E-state index in [1.807, 2.05) is 25.1 Å². The summed E-state index contributed by atoms with van der Waals surface area (Å²) in [7, 11) is 0. The predicted octanol–water partition coefficient (Wildman–Crippen LogP) is 2.99. The summed E-state index contributed by atoms with van der Waals surface area (Å²) in [6.45, 7) is 5.20. The zero-order chi connectivity index (χ0) is 17.1. The predicted molar refractivity (Wildman–Crippen MR) is 89.2 cm³/mol. The number of halogens is 1. The fourth-order valence-electron chi connectivity index (χ4n) is 2.90. The molecule has 0 atom stereocenters. The quantitative estimate of drug-likeness (QED) is 0.940. The molecule has 0 saturated carbocycles. The standard InChI is InChI=1S/C18H20FN3O2/c1-13-15(12-21-7-9-22(10-8-21)18(23)24)5-6-17(20-13)14-3-2-4-16(19)11-14/h2-6,11H,7-10,12H2,1H3,(H,23,24). The van der Waals surface area contributed by atoms with E-state index >= 15 is 0 Å². The Balaban J connectivity index is 1.69. The van der Waals surface area contributed by atoms with Gasteiger partial charge in [0.2, 0.25) is 0 Å². The van der Waals surface area contributed by atoms with E-state index in [4.69, 9.17) is 5.11 Å². The van der Waals surface area contributed by atoms with Crippen molar-refractivity contribution in [1.82, 2.24) is 14.8 Å². The Morgan fingerprint density at radius 3 is 2.58 bits per heavy atom. The van der Waals surface area contributed by atoms with Gasteiger partial charge in [-0.3, -0.25) is 9.88 Å². The number of carbonyl (C=O) groups is 1. The molecule has 24 heavy (non-hydrogen) atoms. The summed E-state index contributed by atoms with van der Waals surface area (Å²) in [4.78, 5) is 19.2. The van der Waals surface area contributed by atoms with Gasteiger partial charge in [0.1, 0.15) is 5.82 Å². The Morgan fingerprint density at radius 1 is 1.21 bits per heavy atom. The molecule has 0 unspecified atom stereocenters. The van der Waals surface area contributed by atoms with E-state index < -0.39 is 6.09 Å². The second kappa shape index (κ2) is 6.97. The van der Waals surface area contributed by atoms with Crippen LogP contribution in [-0.4, -0.2) is 52.2 Å². The van der Waals surface area contributed by atoms with E-state index in [1.54, 1.807) is 6.07 Å². The second-order valence-electron chi connectivity index (χ2n) is 6.00. The fourth-order valence-corrected chi connectivity index (χ4v) is 2.90. The van der Waals surface area contributed by atoms with E-state index in [0.717, 1.165) is 42.1 Å². The Morgan fingerprint density at radius 2 is 1.96 bits per heavy atom. The summed E-state index contributed by atoms with van der Waals surface area (Å²) >= 11 is 0. The van der Waals surface area contributed by atoms with Gasteiger partial charge in [-0.1, -0.05) is 18.2 Å². The molecule has 1 amide bonds. The largest absolute Gasteiger partial charge is 0.465 e. The number of nitrogens with zero attached hydrogens (tertiary/aromatic N) is 3. The topological polar surface area (TPSA) is 56.7 Å². The van der Waals surface area contributed by atoms with Gasteiger partial charge in [0.05, 0.1) is 5.69 Å². The second-order valence-corrected chi connectivity index (χ2v) is 6.00. The molecule has 2 aromatic rings. The lowest BCUT2D eigenvalue weighted by Crippen LogP contribution is -2.47. The van der Waals surface area contributed by atoms with Crippen molar-refractivity contribution in [2.75, 3.05) is 26.2 Å². The lowest BCUT2D eigenvalue weighted by molar-refractivity contribution is 0.103. The molecule has 126 valence electrons. The van der Waals surface area contributed by atoms with Crippen molar-refractivity contribution in [2.45, 2.75) is 13.5 Å². The van der Waals surface area contributed by atoms with Crippen molar-refractivity contribution >= 4 is 6.09 Å². The molecule has 1 fully saturated rings. The summed E-state index contributed by atoms with van der Waals surface area (Å²) in [5.41, 5.74) is 3.54. The molecule has 5 nitrogen and oxygen atoms in total. The molecule has 2 heterocycles. The molecule has 1 aliphatic heterocycles. The maximum atomic E-state index is 13.3. The summed E-state index contributed by atoms with van der Waals surface area (Å²) in [5.74, 6) is -0.271. The summed E-state index contributed by atoms with van der Waals surface area (Å²) < 4.78 is 13.3. The van der Waals surface area contributed by atoms with Gasteiger partial charge in [-0.05, 0) is 30.7 Å². The van der Waals surface area contributed by atoms with Crippen molar-refractivity contribution in [3.63, 3.8) is 0 Å². The average Bonchev–Trinajstić information content (AvgIpc) is 2.57. The molecule has 1 aliphatic rings. The van der Waals surface area contributed by atoms with Crippen LogP contribution in [0.4, 0.5) is 9.18 Å². The van der Waals surface area contributed by atoms with Crippen molar-refractivity contribution in [2.24, 2.45) is 0 Å². The summed E-state index contributed by atoms with van der Waals surface area (Å²) in [5, 5.41) is 8.99. The van der Waals surface area contributed by atoms with Crippen LogP contribution in [0.1, 0.15) is 11.3 Å². The van der Waals surface area contributed by atoms with Crippen LogP contribution in [0.2, 0.25) is 0 Å². The van der Waals surface area contributed by atoms with Crippen LogP contribution < -0.4 is 0 Å². The summed E-state index contributed by atoms with van der Waals surface area (Å²) in [6.07, 6.45) is -0.855. The SMILES string of the molecule is Cc1nc(-c2cccc(F)c2)ccc1CN1CCN(C(=O)O)CC1. The highest BCUT2D eigenvalue weighted by Gasteiger charge is 2.20. The van der Waals surface area contributed by atoms with Crippen LogP contribution in [-0.2, 0) is 6.54 Å². The van der Waals surface area contributed by atoms with Gasteiger partial charge in [-0.2, -0.15) is 0 Å². The van der Waals surface area contributed by atoms with Crippen LogP contribution >= 0.6 is 0 Å². The maximum Gasteiger partial charge on any atom is 0.407 e. The number of aromatic nitrogens is 1. The number of rotatable bonds is 3. The van der Waals surface area contributed by atoms with Crippen molar-refractivity contribution in [1.29, 1.82) is 0 Å². The molecule has 1 N–H and O–H groups in total. The number of benzene rings is 1. The van der Waals surface area contributed by atoms with Crippen LogP contribution in [0.5, 0.6) is 0 Å².